The van der Waals surface area contributed by atoms with Crippen LogP contribution in [0.2, 0.25) is 0 Å². The number of carbonyl (C=O) groups excluding carboxylic acids is 1. The van der Waals surface area contributed by atoms with Crippen molar-refractivity contribution < 1.29 is 9.53 Å². The Morgan fingerprint density at radius 1 is 1.43 bits per heavy atom. The van der Waals surface area contributed by atoms with E-state index in [-0.39, 0.29) is 11.4 Å². The van der Waals surface area contributed by atoms with Gasteiger partial charge in [-0.2, -0.15) is 14.6 Å². The molecule has 2 aliphatic rings. The van der Waals surface area contributed by atoms with Gasteiger partial charge in [0, 0.05) is 24.3 Å². The predicted molar refractivity (Wildman–Crippen MR) is 84.3 cm³/mol. The molecule has 4 rings (SSSR count). The third-order valence-electron chi connectivity index (χ3n) is 5.64. The van der Waals surface area contributed by atoms with Crippen LogP contribution in [0.4, 0.5) is 5.82 Å². The van der Waals surface area contributed by atoms with E-state index >= 15 is 0 Å². The molecule has 2 aromatic heterocycles. The summed E-state index contributed by atoms with van der Waals surface area (Å²) in [6.07, 6.45) is 4.61. The summed E-state index contributed by atoms with van der Waals surface area (Å²) in [5.74, 6) is 1.89. The van der Waals surface area contributed by atoms with Gasteiger partial charge in [-0.15, -0.1) is 0 Å². The van der Waals surface area contributed by atoms with Crippen LogP contribution in [0, 0.1) is 25.2 Å². The molecule has 7 nitrogen and oxygen atoms in total. The first kappa shape index (κ1) is 14.4. The summed E-state index contributed by atoms with van der Waals surface area (Å²) in [7, 11) is 1.49. The van der Waals surface area contributed by atoms with Crippen molar-refractivity contribution in [3.8, 4) is 0 Å². The van der Waals surface area contributed by atoms with Gasteiger partial charge in [0.2, 0.25) is 0 Å². The van der Waals surface area contributed by atoms with E-state index in [9.17, 15) is 4.79 Å². The number of aryl methyl sites for hydroxylation is 1. The Labute approximate surface area is 134 Å². The molecular weight excluding hydrogens is 294 g/mol. The van der Waals surface area contributed by atoms with Crippen molar-refractivity contribution in [1.29, 1.82) is 0 Å². The molecule has 0 N–H and O–H groups in total. The monoisotopic (exact) mass is 315 g/mol. The first-order chi connectivity index (χ1) is 11.1. The highest BCUT2D eigenvalue weighted by atomic mass is 16.5. The normalized spacial score (nSPS) is 26.7. The van der Waals surface area contributed by atoms with Crippen LogP contribution in [-0.4, -0.2) is 45.8 Å². The fourth-order valence-electron chi connectivity index (χ4n) is 4.37. The van der Waals surface area contributed by atoms with E-state index in [1.807, 2.05) is 6.92 Å². The molecule has 2 aromatic rings. The number of carbonyl (C=O) groups is 1. The molecule has 0 amide bonds. The molecule has 23 heavy (non-hydrogen) atoms. The molecule has 2 unspecified atom stereocenters. The number of esters is 1. The molecule has 2 fully saturated rings. The van der Waals surface area contributed by atoms with Crippen LogP contribution in [0.3, 0.4) is 0 Å². The number of fused-ring (bicyclic) bond motifs is 2. The zero-order valence-corrected chi connectivity index (χ0v) is 13.7. The Balaban J connectivity index is 1.80. The van der Waals surface area contributed by atoms with Gasteiger partial charge in [0.05, 0.1) is 12.5 Å². The summed E-state index contributed by atoms with van der Waals surface area (Å²) in [5.41, 5.74) is 1.67. The Hall–Kier alpha value is -2.18. The molecule has 122 valence electrons. The Morgan fingerprint density at radius 3 is 3.04 bits per heavy atom. The van der Waals surface area contributed by atoms with E-state index in [2.05, 4.69) is 26.9 Å². The summed E-state index contributed by atoms with van der Waals surface area (Å²) in [6.45, 7) is 5.58. The van der Waals surface area contributed by atoms with Gasteiger partial charge in [-0.3, -0.25) is 4.79 Å². The smallest absolute Gasteiger partial charge is 0.313 e. The van der Waals surface area contributed by atoms with E-state index in [4.69, 9.17) is 4.74 Å². The van der Waals surface area contributed by atoms with Crippen LogP contribution in [0.25, 0.3) is 5.78 Å². The molecule has 1 saturated carbocycles. The zero-order chi connectivity index (χ0) is 16.2. The number of nitrogens with zero attached hydrogens (tertiary/aromatic N) is 5. The predicted octanol–water partition coefficient (Wildman–Crippen LogP) is 1.52. The number of hydrogen-bond donors (Lipinski definition) is 0. The minimum absolute atomic E-state index is 0.0687. The second-order valence-electron chi connectivity index (χ2n) is 6.74. The molecule has 1 aliphatic carbocycles. The first-order valence-electron chi connectivity index (χ1n) is 8.07. The third kappa shape index (κ3) is 1.88. The average molecular weight is 315 g/mol. The van der Waals surface area contributed by atoms with Crippen LogP contribution in [0.15, 0.2) is 6.33 Å². The lowest BCUT2D eigenvalue weighted by Gasteiger charge is -2.26. The standard InChI is InChI=1S/C16H21N5O2/c1-10-11(2)19-15-17-9-18-21(15)13(10)20-7-12-5-4-6-16(12,8-20)14(22)23-3/h9,12H,4-8H2,1-3H3. The highest BCUT2D eigenvalue weighted by Crippen LogP contribution is 2.50. The fraction of sp³-hybridized carbons (Fsp3) is 0.625. The Morgan fingerprint density at radius 2 is 2.26 bits per heavy atom. The second-order valence-corrected chi connectivity index (χ2v) is 6.74. The largest absolute Gasteiger partial charge is 0.469 e. The van der Waals surface area contributed by atoms with Gasteiger partial charge in [-0.1, -0.05) is 6.42 Å². The SMILES string of the molecule is COC(=O)C12CCCC1CN(c1c(C)c(C)nc3ncnn13)C2. The lowest BCUT2D eigenvalue weighted by molar-refractivity contribution is -0.152. The molecule has 1 saturated heterocycles. The molecule has 1 aliphatic heterocycles. The zero-order valence-electron chi connectivity index (χ0n) is 13.7. The maximum Gasteiger partial charge on any atom is 0.313 e. The van der Waals surface area contributed by atoms with E-state index in [0.717, 1.165) is 42.9 Å². The molecule has 0 aromatic carbocycles. The lowest BCUT2D eigenvalue weighted by Crippen LogP contribution is -2.37. The average Bonchev–Trinajstić information content (AvgIpc) is 3.21. The van der Waals surface area contributed by atoms with Crippen LogP contribution < -0.4 is 4.90 Å². The summed E-state index contributed by atoms with van der Waals surface area (Å²) in [5, 5.41) is 4.33. The quantitative estimate of drug-likeness (QED) is 0.782. The van der Waals surface area contributed by atoms with Crippen LogP contribution in [0.1, 0.15) is 30.5 Å². The molecule has 0 spiro atoms. The summed E-state index contributed by atoms with van der Waals surface area (Å²) in [6, 6.07) is 0. The van der Waals surface area contributed by atoms with E-state index in [1.165, 1.54) is 13.4 Å². The number of hydrogen-bond acceptors (Lipinski definition) is 6. The van der Waals surface area contributed by atoms with E-state index in [1.54, 1.807) is 4.52 Å². The number of rotatable bonds is 2. The summed E-state index contributed by atoms with van der Waals surface area (Å²) >= 11 is 0. The van der Waals surface area contributed by atoms with Gasteiger partial charge in [0.1, 0.15) is 12.1 Å². The molecule has 7 heteroatoms. The Kier molecular flexibility index (Phi) is 3.08. The summed E-state index contributed by atoms with van der Waals surface area (Å²) < 4.78 is 6.92. The minimum atomic E-state index is -0.370. The number of methoxy groups -OCH3 is 1. The van der Waals surface area contributed by atoms with Crippen molar-refractivity contribution in [2.24, 2.45) is 11.3 Å². The number of aromatic nitrogens is 4. The first-order valence-corrected chi connectivity index (χ1v) is 8.07. The van der Waals surface area contributed by atoms with Gasteiger partial charge < -0.3 is 9.64 Å². The molecular formula is C16H21N5O2. The Bertz CT molecular complexity index is 786. The highest BCUT2D eigenvalue weighted by Gasteiger charge is 2.56. The van der Waals surface area contributed by atoms with Crippen molar-refractivity contribution in [2.45, 2.75) is 33.1 Å². The van der Waals surface area contributed by atoms with Crippen LogP contribution in [-0.2, 0) is 9.53 Å². The van der Waals surface area contributed by atoms with Crippen LogP contribution in [0.5, 0.6) is 0 Å². The fourth-order valence-corrected chi connectivity index (χ4v) is 4.37. The minimum Gasteiger partial charge on any atom is -0.469 e. The number of ether oxygens (including phenoxy) is 1. The maximum absolute atomic E-state index is 12.5. The van der Waals surface area contributed by atoms with Gasteiger partial charge in [0.25, 0.3) is 5.78 Å². The maximum atomic E-state index is 12.5. The molecule has 0 radical (unpaired) electrons. The van der Waals surface area contributed by atoms with Gasteiger partial charge in [-0.25, -0.2) is 4.98 Å². The molecule has 0 bridgehead atoms. The van der Waals surface area contributed by atoms with Gasteiger partial charge in [-0.05, 0) is 32.6 Å². The molecule has 3 heterocycles. The van der Waals surface area contributed by atoms with Crippen molar-refractivity contribution in [3.05, 3.63) is 17.6 Å². The van der Waals surface area contributed by atoms with Crippen molar-refractivity contribution >= 4 is 17.6 Å². The van der Waals surface area contributed by atoms with Gasteiger partial charge in [0.15, 0.2) is 0 Å². The highest BCUT2D eigenvalue weighted by molar-refractivity contribution is 5.80. The molecule has 2 atom stereocenters. The van der Waals surface area contributed by atoms with Crippen LogP contribution >= 0.6 is 0 Å². The third-order valence-corrected chi connectivity index (χ3v) is 5.64. The van der Waals surface area contributed by atoms with Crippen molar-refractivity contribution in [1.82, 2.24) is 19.6 Å². The van der Waals surface area contributed by atoms with E-state index < -0.39 is 0 Å². The van der Waals surface area contributed by atoms with Crippen molar-refractivity contribution in [3.63, 3.8) is 0 Å². The summed E-state index contributed by atoms with van der Waals surface area (Å²) in [4.78, 5) is 23.4. The second kappa shape index (κ2) is 4.91. The lowest BCUT2D eigenvalue weighted by atomic mass is 9.81. The number of anilines is 1. The van der Waals surface area contributed by atoms with E-state index in [0.29, 0.717) is 18.2 Å². The topological polar surface area (TPSA) is 72.6 Å². The van der Waals surface area contributed by atoms with Gasteiger partial charge >= 0.3 is 5.97 Å². The van der Waals surface area contributed by atoms with Crippen molar-refractivity contribution in [2.75, 3.05) is 25.1 Å².